The zero-order chi connectivity index (χ0) is 12.3. The van der Waals surface area contributed by atoms with E-state index in [2.05, 4.69) is 0 Å². The third-order valence-electron chi connectivity index (χ3n) is 4.36. The predicted molar refractivity (Wildman–Crippen MR) is 63.1 cm³/mol. The summed E-state index contributed by atoms with van der Waals surface area (Å²) in [5.41, 5.74) is 0.279. The molecule has 1 atom stereocenters. The summed E-state index contributed by atoms with van der Waals surface area (Å²) in [6, 6.07) is 1.95. The highest BCUT2D eigenvalue weighted by Gasteiger charge is 2.48. The first-order valence-corrected chi connectivity index (χ1v) is 6.35. The summed E-state index contributed by atoms with van der Waals surface area (Å²) < 4.78 is 5.30. The molecule has 0 aromatic heterocycles. The minimum absolute atomic E-state index is 0.00970. The first-order chi connectivity index (χ1) is 8.22. The fourth-order valence-electron chi connectivity index (χ4n) is 3.48. The molecule has 0 N–H and O–H groups in total. The first kappa shape index (κ1) is 12.4. The van der Waals surface area contributed by atoms with Gasteiger partial charge in [-0.1, -0.05) is 12.8 Å². The van der Waals surface area contributed by atoms with Crippen LogP contribution in [-0.2, 0) is 9.53 Å². The standard InChI is InChI=1S/C13H20N2O2/c1-17-9-11-8-15(12(16)4-7-14)10-13(11)5-2-3-6-13/h11H,2-6,8-10H2,1H3/t11-/m0/s1. The van der Waals surface area contributed by atoms with Gasteiger partial charge in [0.15, 0.2) is 0 Å². The van der Waals surface area contributed by atoms with Crippen LogP contribution in [0.2, 0.25) is 0 Å². The number of rotatable bonds is 3. The van der Waals surface area contributed by atoms with Gasteiger partial charge in [-0.15, -0.1) is 0 Å². The fraction of sp³-hybridized carbons (Fsp3) is 0.846. The molecule has 0 unspecified atom stereocenters. The van der Waals surface area contributed by atoms with Gasteiger partial charge in [0.2, 0.25) is 5.91 Å². The van der Waals surface area contributed by atoms with Crippen molar-refractivity contribution in [3.05, 3.63) is 0 Å². The van der Waals surface area contributed by atoms with E-state index in [1.54, 1.807) is 7.11 Å². The molecule has 0 aromatic rings. The quantitative estimate of drug-likeness (QED) is 0.747. The maximum atomic E-state index is 11.8. The van der Waals surface area contributed by atoms with Crippen molar-refractivity contribution in [2.45, 2.75) is 32.1 Å². The highest BCUT2D eigenvalue weighted by Crippen LogP contribution is 2.49. The van der Waals surface area contributed by atoms with Crippen LogP contribution in [0.3, 0.4) is 0 Å². The van der Waals surface area contributed by atoms with Gasteiger partial charge in [0.05, 0.1) is 12.7 Å². The smallest absolute Gasteiger partial charge is 0.236 e. The van der Waals surface area contributed by atoms with Crippen LogP contribution >= 0.6 is 0 Å². The third-order valence-corrected chi connectivity index (χ3v) is 4.36. The van der Waals surface area contributed by atoms with E-state index in [1.165, 1.54) is 25.7 Å². The number of hydrogen-bond acceptors (Lipinski definition) is 3. The van der Waals surface area contributed by atoms with Crippen LogP contribution in [0, 0.1) is 22.7 Å². The highest BCUT2D eigenvalue weighted by atomic mass is 16.5. The van der Waals surface area contributed by atoms with Crippen LogP contribution in [-0.4, -0.2) is 37.6 Å². The van der Waals surface area contributed by atoms with Gasteiger partial charge >= 0.3 is 0 Å². The molecule has 94 valence electrons. The topological polar surface area (TPSA) is 53.3 Å². The average Bonchev–Trinajstić information content (AvgIpc) is 2.90. The summed E-state index contributed by atoms with van der Waals surface area (Å²) >= 11 is 0. The third kappa shape index (κ3) is 2.30. The van der Waals surface area contributed by atoms with Crippen molar-refractivity contribution in [2.24, 2.45) is 11.3 Å². The van der Waals surface area contributed by atoms with Gasteiger partial charge in [-0.25, -0.2) is 0 Å². The predicted octanol–water partition coefficient (Wildman–Crippen LogP) is 1.57. The van der Waals surface area contributed by atoms with E-state index < -0.39 is 0 Å². The number of methoxy groups -OCH3 is 1. The van der Waals surface area contributed by atoms with Gasteiger partial charge in [0.25, 0.3) is 0 Å². The molecule has 1 saturated heterocycles. The molecule has 0 bridgehead atoms. The van der Waals surface area contributed by atoms with Crippen LogP contribution < -0.4 is 0 Å². The molecule has 2 rings (SSSR count). The summed E-state index contributed by atoms with van der Waals surface area (Å²) in [4.78, 5) is 13.7. The average molecular weight is 236 g/mol. The zero-order valence-electron chi connectivity index (χ0n) is 10.4. The van der Waals surface area contributed by atoms with Crippen molar-refractivity contribution in [1.82, 2.24) is 4.90 Å². The maximum absolute atomic E-state index is 11.8. The summed E-state index contributed by atoms with van der Waals surface area (Å²) in [7, 11) is 1.72. The Hall–Kier alpha value is -1.08. The van der Waals surface area contributed by atoms with E-state index >= 15 is 0 Å². The normalized spacial score (nSPS) is 26.4. The van der Waals surface area contributed by atoms with Gasteiger partial charge in [-0.05, 0) is 18.3 Å². The van der Waals surface area contributed by atoms with E-state index in [0.717, 1.165) is 19.7 Å². The summed E-state index contributed by atoms with van der Waals surface area (Å²) in [5, 5.41) is 8.60. The first-order valence-electron chi connectivity index (χ1n) is 6.35. The number of hydrogen-bond donors (Lipinski definition) is 0. The molecule has 17 heavy (non-hydrogen) atoms. The molecular formula is C13H20N2O2. The van der Waals surface area contributed by atoms with Crippen LogP contribution in [0.15, 0.2) is 0 Å². The Morgan fingerprint density at radius 3 is 2.82 bits per heavy atom. The molecule has 1 amide bonds. The van der Waals surface area contributed by atoms with Gasteiger partial charge in [-0.3, -0.25) is 4.79 Å². The van der Waals surface area contributed by atoms with Crippen molar-refractivity contribution < 1.29 is 9.53 Å². The molecule has 2 aliphatic rings. The lowest BCUT2D eigenvalue weighted by Crippen LogP contribution is -2.31. The number of nitriles is 1. The lowest BCUT2D eigenvalue weighted by molar-refractivity contribution is -0.129. The Morgan fingerprint density at radius 2 is 2.24 bits per heavy atom. The minimum atomic E-state index is -0.0163. The molecule has 4 heteroatoms. The van der Waals surface area contributed by atoms with Crippen LogP contribution in [0.5, 0.6) is 0 Å². The maximum Gasteiger partial charge on any atom is 0.236 e. The lowest BCUT2D eigenvalue weighted by atomic mass is 9.77. The molecule has 2 fully saturated rings. The van der Waals surface area contributed by atoms with Crippen molar-refractivity contribution >= 4 is 5.91 Å². The lowest BCUT2D eigenvalue weighted by Gasteiger charge is -2.29. The Morgan fingerprint density at radius 1 is 1.53 bits per heavy atom. The molecule has 0 aromatic carbocycles. The number of nitrogens with zero attached hydrogens (tertiary/aromatic N) is 2. The van der Waals surface area contributed by atoms with Gasteiger partial charge in [0.1, 0.15) is 6.42 Å². The van der Waals surface area contributed by atoms with Gasteiger partial charge in [-0.2, -0.15) is 5.26 Å². The van der Waals surface area contributed by atoms with E-state index in [4.69, 9.17) is 10.00 Å². The molecule has 1 aliphatic heterocycles. The van der Waals surface area contributed by atoms with Crippen molar-refractivity contribution in [3.63, 3.8) is 0 Å². The molecule has 4 nitrogen and oxygen atoms in total. The van der Waals surface area contributed by atoms with Crippen LogP contribution in [0.1, 0.15) is 32.1 Å². The molecule has 1 saturated carbocycles. The summed E-state index contributed by atoms with van der Waals surface area (Å²) in [6.45, 7) is 2.34. The number of carbonyl (C=O) groups is 1. The minimum Gasteiger partial charge on any atom is -0.384 e. The Labute approximate surface area is 103 Å². The Bertz CT molecular complexity index is 329. The van der Waals surface area contributed by atoms with E-state index in [1.807, 2.05) is 11.0 Å². The van der Waals surface area contributed by atoms with E-state index in [9.17, 15) is 4.79 Å². The van der Waals surface area contributed by atoms with Crippen LogP contribution in [0.25, 0.3) is 0 Å². The van der Waals surface area contributed by atoms with Crippen molar-refractivity contribution in [1.29, 1.82) is 5.26 Å². The molecule has 1 aliphatic carbocycles. The Balaban J connectivity index is 2.07. The monoisotopic (exact) mass is 236 g/mol. The zero-order valence-corrected chi connectivity index (χ0v) is 10.4. The van der Waals surface area contributed by atoms with Gasteiger partial charge in [0, 0.05) is 26.1 Å². The molecular weight excluding hydrogens is 216 g/mol. The second-order valence-corrected chi connectivity index (χ2v) is 5.33. The van der Waals surface area contributed by atoms with Gasteiger partial charge < -0.3 is 9.64 Å². The largest absolute Gasteiger partial charge is 0.384 e. The van der Waals surface area contributed by atoms with Crippen molar-refractivity contribution in [2.75, 3.05) is 26.8 Å². The summed E-state index contributed by atoms with van der Waals surface area (Å²) in [5.74, 6) is 0.440. The number of carbonyl (C=O) groups excluding carboxylic acids is 1. The van der Waals surface area contributed by atoms with Crippen molar-refractivity contribution in [3.8, 4) is 6.07 Å². The number of ether oxygens (including phenoxy) is 1. The molecule has 1 spiro atoms. The number of amides is 1. The molecule has 0 radical (unpaired) electrons. The van der Waals surface area contributed by atoms with Crippen LogP contribution in [0.4, 0.5) is 0 Å². The second kappa shape index (κ2) is 5.05. The number of likely N-dealkylation sites (tertiary alicyclic amines) is 1. The SMILES string of the molecule is COC[C@@H]1CN(C(=O)CC#N)CC12CCCC2. The van der Waals surface area contributed by atoms with E-state index in [0.29, 0.717) is 5.92 Å². The fourth-order valence-corrected chi connectivity index (χ4v) is 3.48. The van der Waals surface area contributed by atoms with E-state index in [-0.39, 0.29) is 17.7 Å². The summed E-state index contributed by atoms with van der Waals surface area (Å²) in [6.07, 6.45) is 4.95. The highest BCUT2D eigenvalue weighted by molar-refractivity contribution is 5.78. The molecule has 1 heterocycles. The second-order valence-electron chi connectivity index (χ2n) is 5.33. The Kier molecular flexibility index (Phi) is 3.68.